The molecule has 0 N–H and O–H groups in total. The van der Waals surface area contributed by atoms with Gasteiger partial charge in [-0.25, -0.2) is 0 Å². The van der Waals surface area contributed by atoms with Gasteiger partial charge in [0.05, 0.1) is 7.11 Å². The van der Waals surface area contributed by atoms with Crippen LogP contribution in [0.2, 0.25) is 12.1 Å². The van der Waals surface area contributed by atoms with Crippen LogP contribution in [-0.2, 0) is 0 Å². The highest BCUT2D eigenvalue weighted by atomic mass is 35.6. The third kappa shape index (κ3) is 2.75. The Bertz CT molecular complexity index is 393. The van der Waals surface area contributed by atoms with Crippen LogP contribution in [-0.4, -0.2) is 14.5 Å². The maximum absolute atomic E-state index is 6.84. The Hall–Kier alpha value is -0.733. The van der Waals surface area contributed by atoms with Crippen LogP contribution in [0.25, 0.3) is 5.20 Å². The van der Waals surface area contributed by atoms with Gasteiger partial charge in [-0.2, -0.15) is 11.1 Å². The van der Waals surface area contributed by atoms with Crippen molar-refractivity contribution in [2.45, 2.75) is 31.4 Å². The molecular weight excluding hydrogens is 248 g/mol. The fourth-order valence-corrected chi connectivity index (χ4v) is 6.75. The Morgan fingerprint density at radius 2 is 1.76 bits per heavy atom. The summed E-state index contributed by atoms with van der Waals surface area (Å²) < 4.78 is 5.17. The van der Waals surface area contributed by atoms with Crippen molar-refractivity contribution in [2.75, 3.05) is 7.11 Å². The van der Waals surface area contributed by atoms with E-state index in [0.29, 0.717) is 0 Å². The van der Waals surface area contributed by atoms with Crippen molar-refractivity contribution in [1.82, 2.24) is 0 Å². The summed E-state index contributed by atoms with van der Waals surface area (Å²) >= 11 is 6.84. The van der Waals surface area contributed by atoms with Crippen molar-refractivity contribution >= 4 is 23.7 Å². The molecule has 92 valence electrons. The summed E-state index contributed by atoms with van der Waals surface area (Å²) in [6.07, 6.45) is 3.87. The Balaban J connectivity index is 2.17. The second-order valence-electron chi connectivity index (χ2n) is 4.73. The molecule has 1 aromatic rings. The van der Waals surface area contributed by atoms with Crippen LogP contribution in [0.1, 0.15) is 24.8 Å². The molecule has 0 amide bonds. The zero-order chi connectivity index (χ0) is 12.3. The van der Waals surface area contributed by atoms with Gasteiger partial charge < -0.3 is 4.74 Å². The monoisotopic (exact) mass is 266 g/mol. The van der Waals surface area contributed by atoms with Gasteiger partial charge in [0.2, 0.25) is 0 Å². The molecule has 0 aromatic heterocycles. The van der Waals surface area contributed by atoms with Gasteiger partial charge in [0.15, 0.2) is 7.38 Å². The molecule has 17 heavy (non-hydrogen) atoms. The first-order valence-electron chi connectivity index (χ1n) is 6.18. The van der Waals surface area contributed by atoms with Gasteiger partial charge in [0, 0.05) is 0 Å². The fourth-order valence-electron chi connectivity index (χ4n) is 2.46. The van der Waals surface area contributed by atoms with E-state index in [-0.39, 0.29) is 0 Å². The summed E-state index contributed by atoms with van der Waals surface area (Å²) in [5.41, 5.74) is 1.19. The number of benzene rings is 1. The third-order valence-corrected chi connectivity index (χ3v) is 9.11. The molecule has 0 aliphatic carbocycles. The van der Waals surface area contributed by atoms with Crippen LogP contribution in [0.15, 0.2) is 30.8 Å². The van der Waals surface area contributed by atoms with E-state index >= 15 is 0 Å². The second-order valence-corrected chi connectivity index (χ2v) is 10.4. The van der Waals surface area contributed by atoms with E-state index in [1.54, 1.807) is 7.11 Å². The maximum atomic E-state index is 6.84. The van der Waals surface area contributed by atoms with Gasteiger partial charge in [-0.05, 0) is 35.0 Å². The Labute approximate surface area is 109 Å². The van der Waals surface area contributed by atoms with Gasteiger partial charge >= 0.3 is 0 Å². The highest BCUT2D eigenvalue weighted by Crippen LogP contribution is 2.40. The fraction of sp³-hybridized carbons (Fsp3) is 0.429. The van der Waals surface area contributed by atoms with E-state index in [9.17, 15) is 0 Å². The van der Waals surface area contributed by atoms with E-state index in [2.05, 4.69) is 18.7 Å². The maximum Gasteiger partial charge on any atom is 0.186 e. The van der Waals surface area contributed by atoms with Crippen LogP contribution in [0.4, 0.5) is 0 Å². The van der Waals surface area contributed by atoms with Gasteiger partial charge in [-0.15, -0.1) is 0 Å². The standard InChI is InChI=1S/C14H19ClOSi/c1-12(17(15)10-4-3-5-11-17)13-6-8-14(16-2)9-7-13/h6-9H,1,3-5,10-11H2,2H3. The number of hydrogen-bond acceptors (Lipinski definition) is 1. The first-order valence-corrected chi connectivity index (χ1v) is 9.61. The third-order valence-electron chi connectivity index (χ3n) is 3.63. The normalized spacial score (nSPS) is 18.7. The largest absolute Gasteiger partial charge is 0.497 e. The zero-order valence-electron chi connectivity index (χ0n) is 10.3. The van der Waals surface area contributed by atoms with Crippen LogP contribution in [0, 0.1) is 0 Å². The number of ether oxygens (including phenoxy) is 1. The minimum atomic E-state index is -1.77. The summed E-state index contributed by atoms with van der Waals surface area (Å²) in [5, 5.41) is 1.20. The van der Waals surface area contributed by atoms with Crippen molar-refractivity contribution in [2.24, 2.45) is 0 Å². The number of methoxy groups -OCH3 is 1. The average molecular weight is 267 g/mol. The highest BCUT2D eigenvalue weighted by Gasteiger charge is 2.36. The zero-order valence-corrected chi connectivity index (χ0v) is 12.1. The second kappa shape index (κ2) is 5.28. The van der Waals surface area contributed by atoms with Crippen molar-refractivity contribution in [1.29, 1.82) is 0 Å². The molecule has 0 saturated carbocycles. The van der Waals surface area contributed by atoms with Gasteiger partial charge in [-0.1, -0.05) is 38.0 Å². The molecule has 0 unspecified atom stereocenters. The first-order chi connectivity index (χ1) is 8.15. The van der Waals surface area contributed by atoms with Crippen molar-refractivity contribution in [3.8, 4) is 5.75 Å². The Morgan fingerprint density at radius 3 is 2.29 bits per heavy atom. The number of rotatable bonds is 3. The molecule has 0 atom stereocenters. The molecule has 0 bridgehead atoms. The molecule has 1 saturated heterocycles. The highest BCUT2D eigenvalue weighted by molar-refractivity contribution is 7.30. The van der Waals surface area contributed by atoms with Gasteiger partial charge in [0.1, 0.15) is 5.75 Å². The minimum Gasteiger partial charge on any atom is -0.497 e. The quantitative estimate of drug-likeness (QED) is 0.573. The van der Waals surface area contributed by atoms with Gasteiger partial charge in [-0.3, -0.25) is 0 Å². The van der Waals surface area contributed by atoms with E-state index in [4.69, 9.17) is 15.8 Å². The van der Waals surface area contributed by atoms with Crippen LogP contribution < -0.4 is 4.74 Å². The van der Waals surface area contributed by atoms with Crippen LogP contribution in [0.5, 0.6) is 5.75 Å². The predicted molar refractivity (Wildman–Crippen MR) is 77.1 cm³/mol. The van der Waals surface area contributed by atoms with Crippen LogP contribution >= 0.6 is 11.1 Å². The SMILES string of the molecule is C=C(c1ccc(OC)cc1)[Si]1(Cl)CCCCC1. The average Bonchev–Trinajstić information content (AvgIpc) is 2.39. The number of halogens is 1. The van der Waals surface area contributed by atoms with Crippen molar-refractivity contribution < 1.29 is 4.74 Å². The summed E-state index contributed by atoms with van der Waals surface area (Å²) in [5.74, 6) is 0.885. The summed E-state index contributed by atoms with van der Waals surface area (Å²) in [7, 11) is -0.0881. The smallest absolute Gasteiger partial charge is 0.186 e. The van der Waals surface area contributed by atoms with Gasteiger partial charge in [0.25, 0.3) is 0 Å². The van der Waals surface area contributed by atoms with E-state index in [1.165, 1.54) is 42.1 Å². The lowest BCUT2D eigenvalue weighted by Gasteiger charge is -2.30. The molecule has 3 heteroatoms. The van der Waals surface area contributed by atoms with Crippen LogP contribution in [0.3, 0.4) is 0 Å². The molecule has 0 radical (unpaired) electrons. The summed E-state index contributed by atoms with van der Waals surface area (Å²) in [4.78, 5) is 0. The lowest BCUT2D eigenvalue weighted by atomic mass is 10.2. The number of hydrogen-bond donors (Lipinski definition) is 0. The molecule has 2 rings (SSSR count). The first kappa shape index (κ1) is 12.7. The molecule has 1 nitrogen and oxygen atoms in total. The van der Waals surface area contributed by atoms with Crippen molar-refractivity contribution in [3.05, 3.63) is 36.4 Å². The van der Waals surface area contributed by atoms with E-state index in [0.717, 1.165) is 5.75 Å². The van der Waals surface area contributed by atoms with E-state index < -0.39 is 7.38 Å². The predicted octanol–water partition coefficient (Wildman–Crippen LogP) is 4.62. The Kier molecular flexibility index (Phi) is 3.95. The van der Waals surface area contributed by atoms with E-state index in [1.807, 2.05) is 12.1 Å². The Morgan fingerprint density at radius 1 is 1.18 bits per heavy atom. The molecule has 1 aliphatic rings. The summed E-state index contributed by atoms with van der Waals surface area (Å²) in [6, 6.07) is 10.5. The minimum absolute atomic E-state index is 0.885. The molecule has 1 aliphatic heterocycles. The molecule has 0 spiro atoms. The lowest BCUT2D eigenvalue weighted by Crippen LogP contribution is -2.31. The molecule has 1 fully saturated rings. The molecule has 1 heterocycles. The van der Waals surface area contributed by atoms with Crippen molar-refractivity contribution in [3.63, 3.8) is 0 Å². The molecule has 1 aromatic carbocycles. The topological polar surface area (TPSA) is 9.23 Å². The summed E-state index contributed by atoms with van der Waals surface area (Å²) in [6.45, 7) is 4.26. The lowest BCUT2D eigenvalue weighted by molar-refractivity contribution is 0.415. The molecular formula is C14H19ClOSi.